The van der Waals surface area contributed by atoms with E-state index in [2.05, 4.69) is 5.32 Å². The van der Waals surface area contributed by atoms with Crippen molar-refractivity contribution in [3.8, 4) is 0 Å². The lowest BCUT2D eigenvalue weighted by atomic mass is 10.0. The van der Waals surface area contributed by atoms with E-state index in [0.717, 1.165) is 45.7 Å². The van der Waals surface area contributed by atoms with Crippen molar-refractivity contribution >= 4 is 39.1 Å². The molecule has 0 unspecified atom stereocenters. The molecule has 0 spiro atoms. The molecular weight excluding hydrogens is 546 g/mol. The predicted molar refractivity (Wildman–Crippen MR) is 162 cm³/mol. The standard InChI is InChI=1S/C31H38ClN3O4S/c1-5-6-17-33-31(37)29(19-25-12-8-7-9-13-25)34(21-26-14-10-11-23(2)18-26)30(36)22-35(40(4,38)39)27-16-15-24(3)28(32)20-27/h7-16,18,20,29H,5-6,17,19,21-22H2,1-4H3,(H,33,37)/t29-/m1/s1. The number of carbonyl (C=O) groups is 2. The third-order valence-electron chi connectivity index (χ3n) is 6.66. The molecule has 0 aliphatic carbocycles. The summed E-state index contributed by atoms with van der Waals surface area (Å²) < 4.78 is 26.8. The van der Waals surface area contributed by atoms with Crippen LogP contribution in [0.25, 0.3) is 0 Å². The summed E-state index contributed by atoms with van der Waals surface area (Å²) in [7, 11) is -3.85. The highest BCUT2D eigenvalue weighted by atomic mass is 35.5. The Hall–Kier alpha value is -3.36. The number of nitrogens with zero attached hydrogens (tertiary/aromatic N) is 2. The van der Waals surface area contributed by atoms with E-state index in [1.807, 2.05) is 75.4 Å². The molecule has 0 aliphatic rings. The van der Waals surface area contributed by atoms with Crippen molar-refractivity contribution in [3.05, 3.63) is 100 Å². The van der Waals surface area contributed by atoms with Gasteiger partial charge in [-0.25, -0.2) is 8.42 Å². The number of amides is 2. The Morgan fingerprint density at radius 1 is 0.950 bits per heavy atom. The van der Waals surface area contributed by atoms with E-state index in [0.29, 0.717) is 11.6 Å². The summed E-state index contributed by atoms with van der Waals surface area (Å²) in [4.78, 5) is 29.2. The molecule has 1 N–H and O–H groups in total. The van der Waals surface area contributed by atoms with Crippen LogP contribution in [-0.4, -0.2) is 50.5 Å². The number of rotatable bonds is 13. The summed E-state index contributed by atoms with van der Waals surface area (Å²) in [6.07, 6.45) is 3.06. The van der Waals surface area contributed by atoms with Crippen LogP contribution in [-0.2, 0) is 32.6 Å². The van der Waals surface area contributed by atoms with E-state index < -0.39 is 28.5 Å². The van der Waals surface area contributed by atoms with Gasteiger partial charge in [-0.1, -0.05) is 91.2 Å². The number of hydrogen-bond donors (Lipinski definition) is 1. The Kier molecular flexibility index (Phi) is 11.2. The van der Waals surface area contributed by atoms with Crippen LogP contribution >= 0.6 is 11.6 Å². The monoisotopic (exact) mass is 583 g/mol. The van der Waals surface area contributed by atoms with Crippen LogP contribution in [0.4, 0.5) is 5.69 Å². The Balaban J connectivity index is 2.04. The van der Waals surface area contributed by atoms with Crippen molar-refractivity contribution < 1.29 is 18.0 Å². The van der Waals surface area contributed by atoms with Gasteiger partial charge in [0.2, 0.25) is 21.8 Å². The number of aryl methyl sites for hydroxylation is 2. The molecule has 7 nitrogen and oxygen atoms in total. The first-order valence-electron chi connectivity index (χ1n) is 13.4. The minimum Gasteiger partial charge on any atom is -0.354 e. The molecule has 3 rings (SSSR count). The molecule has 0 saturated heterocycles. The fourth-order valence-corrected chi connectivity index (χ4v) is 5.43. The van der Waals surface area contributed by atoms with E-state index in [1.165, 1.54) is 11.0 Å². The van der Waals surface area contributed by atoms with Crippen LogP contribution in [0.3, 0.4) is 0 Å². The van der Waals surface area contributed by atoms with Crippen LogP contribution in [0.2, 0.25) is 5.02 Å². The zero-order valence-electron chi connectivity index (χ0n) is 23.6. The van der Waals surface area contributed by atoms with Gasteiger partial charge in [-0.05, 0) is 49.1 Å². The van der Waals surface area contributed by atoms with Gasteiger partial charge >= 0.3 is 0 Å². The molecule has 0 heterocycles. The van der Waals surface area contributed by atoms with Gasteiger partial charge in [0, 0.05) is 24.5 Å². The van der Waals surface area contributed by atoms with Crippen LogP contribution in [0.15, 0.2) is 72.8 Å². The number of carbonyl (C=O) groups excluding carboxylic acids is 2. The summed E-state index contributed by atoms with van der Waals surface area (Å²) in [6.45, 7) is 5.98. The van der Waals surface area contributed by atoms with Crippen molar-refractivity contribution in [2.75, 3.05) is 23.7 Å². The maximum Gasteiger partial charge on any atom is 0.244 e. The quantitative estimate of drug-likeness (QED) is 0.277. The molecule has 0 saturated carbocycles. The van der Waals surface area contributed by atoms with Crippen LogP contribution in [0, 0.1) is 13.8 Å². The van der Waals surface area contributed by atoms with Crippen LogP contribution in [0.1, 0.15) is 42.0 Å². The van der Waals surface area contributed by atoms with Crippen LogP contribution < -0.4 is 9.62 Å². The minimum absolute atomic E-state index is 0.144. The number of unbranched alkanes of at least 4 members (excludes halogenated alkanes) is 1. The molecule has 1 atom stereocenters. The highest BCUT2D eigenvalue weighted by Gasteiger charge is 2.33. The maximum atomic E-state index is 14.1. The first kappa shape index (κ1) is 31.2. The topological polar surface area (TPSA) is 86.8 Å². The average molecular weight is 584 g/mol. The van der Waals surface area contributed by atoms with Crippen LogP contribution in [0.5, 0.6) is 0 Å². The zero-order valence-corrected chi connectivity index (χ0v) is 25.1. The second-order valence-corrected chi connectivity index (χ2v) is 12.4. The lowest BCUT2D eigenvalue weighted by Gasteiger charge is -2.33. The van der Waals surface area contributed by atoms with Crippen molar-refractivity contribution in [2.45, 2.75) is 52.6 Å². The Morgan fingerprint density at radius 3 is 2.27 bits per heavy atom. The third kappa shape index (κ3) is 8.83. The smallest absolute Gasteiger partial charge is 0.244 e. The van der Waals surface area contributed by atoms with Crippen molar-refractivity contribution in [1.82, 2.24) is 10.2 Å². The molecule has 0 radical (unpaired) electrons. The number of sulfonamides is 1. The number of anilines is 1. The van der Waals surface area contributed by atoms with Gasteiger partial charge < -0.3 is 10.2 Å². The van der Waals surface area contributed by atoms with Gasteiger partial charge in [0.15, 0.2) is 0 Å². The van der Waals surface area contributed by atoms with Gasteiger partial charge in [-0.15, -0.1) is 0 Å². The number of benzene rings is 3. The zero-order chi connectivity index (χ0) is 29.3. The second-order valence-electron chi connectivity index (χ2n) is 10.1. The summed E-state index contributed by atoms with van der Waals surface area (Å²) in [5, 5.41) is 3.38. The lowest BCUT2D eigenvalue weighted by molar-refractivity contribution is -0.140. The van der Waals surface area contributed by atoms with E-state index in [-0.39, 0.29) is 24.6 Å². The maximum absolute atomic E-state index is 14.1. The number of hydrogen-bond acceptors (Lipinski definition) is 4. The molecule has 9 heteroatoms. The molecule has 0 aliphatic heterocycles. The molecule has 3 aromatic carbocycles. The number of halogens is 1. The van der Waals surface area contributed by atoms with Crippen molar-refractivity contribution in [2.24, 2.45) is 0 Å². The summed E-state index contributed by atoms with van der Waals surface area (Å²) >= 11 is 6.30. The molecule has 3 aromatic rings. The number of nitrogens with one attached hydrogen (secondary N) is 1. The molecular formula is C31H38ClN3O4S. The molecule has 214 valence electrons. The lowest BCUT2D eigenvalue weighted by Crippen LogP contribution is -2.53. The van der Waals surface area contributed by atoms with E-state index in [4.69, 9.17) is 11.6 Å². The minimum atomic E-state index is -3.85. The fraction of sp³-hybridized carbons (Fsp3) is 0.355. The largest absolute Gasteiger partial charge is 0.354 e. The SMILES string of the molecule is CCCCNC(=O)[C@@H](Cc1ccccc1)N(Cc1cccc(C)c1)C(=O)CN(c1ccc(C)c(Cl)c1)S(C)(=O)=O. The molecule has 2 amide bonds. The fourth-order valence-electron chi connectivity index (χ4n) is 4.42. The average Bonchev–Trinajstić information content (AvgIpc) is 2.91. The van der Waals surface area contributed by atoms with Crippen molar-refractivity contribution in [1.29, 1.82) is 0 Å². The summed E-state index contributed by atoms with van der Waals surface area (Å²) in [6, 6.07) is 21.2. The highest BCUT2D eigenvalue weighted by Crippen LogP contribution is 2.26. The molecule has 40 heavy (non-hydrogen) atoms. The summed E-state index contributed by atoms with van der Waals surface area (Å²) in [5.74, 6) is -0.766. The Bertz CT molecular complexity index is 1410. The molecule has 0 fully saturated rings. The first-order valence-corrected chi connectivity index (χ1v) is 15.6. The first-order chi connectivity index (χ1) is 19.0. The molecule has 0 bridgehead atoms. The highest BCUT2D eigenvalue weighted by molar-refractivity contribution is 7.92. The van der Waals surface area contributed by atoms with E-state index in [1.54, 1.807) is 12.1 Å². The second kappa shape index (κ2) is 14.3. The van der Waals surface area contributed by atoms with E-state index in [9.17, 15) is 18.0 Å². The Morgan fingerprint density at radius 2 is 1.65 bits per heavy atom. The van der Waals surface area contributed by atoms with Gasteiger partial charge in [-0.2, -0.15) is 0 Å². The molecule has 0 aromatic heterocycles. The van der Waals surface area contributed by atoms with Gasteiger partial charge in [0.1, 0.15) is 12.6 Å². The van der Waals surface area contributed by atoms with E-state index >= 15 is 0 Å². The summed E-state index contributed by atoms with van der Waals surface area (Å²) in [5.41, 5.74) is 3.83. The van der Waals surface area contributed by atoms with Crippen molar-refractivity contribution in [3.63, 3.8) is 0 Å². The predicted octanol–water partition coefficient (Wildman–Crippen LogP) is 5.28. The Labute approximate surface area is 243 Å². The normalized spacial score (nSPS) is 12.0. The van der Waals surface area contributed by atoms with Gasteiger partial charge in [-0.3, -0.25) is 13.9 Å². The van der Waals surface area contributed by atoms with Gasteiger partial charge in [0.05, 0.1) is 11.9 Å². The van der Waals surface area contributed by atoms with Gasteiger partial charge in [0.25, 0.3) is 0 Å². The third-order valence-corrected chi connectivity index (χ3v) is 8.21.